The van der Waals surface area contributed by atoms with Crippen LogP contribution in [0.15, 0.2) is 35.3 Å². The Hall–Kier alpha value is -1.62. The van der Waals surface area contributed by atoms with Crippen LogP contribution in [0.5, 0.6) is 0 Å². The van der Waals surface area contributed by atoms with Crippen molar-refractivity contribution in [3.8, 4) is 0 Å². The van der Waals surface area contributed by atoms with Gasteiger partial charge >= 0.3 is 5.97 Å². The molecule has 1 atom stereocenters. The molecule has 4 nitrogen and oxygen atoms in total. The molecule has 0 spiro atoms. The Kier molecular flexibility index (Phi) is 3.58. The summed E-state index contributed by atoms with van der Waals surface area (Å²) in [5.74, 6) is -0.573. The molecule has 1 aromatic carbocycles. The van der Waals surface area contributed by atoms with Gasteiger partial charge in [0.1, 0.15) is 5.04 Å². The number of thioether (sulfide) groups is 1. The van der Waals surface area contributed by atoms with Gasteiger partial charge in [-0.15, -0.1) is 0 Å². The molecule has 17 heavy (non-hydrogen) atoms. The van der Waals surface area contributed by atoms with Crippen molar-refractivity contribution in [2.75, 3.05) is 6.61 Å². The van der Waals surface area contributed by atoms with Gasteiger partial charge in [-0.05, 0) is 18.7 Å². The lowest BCUT2D eigenvalue weighted by atomic mass is 10.2. The molecular formula is C12H11NO3S. The minimum absolute atomic E-state index is 0.253. The van der Waals surface area contributed by atoms with Crippen molar-refractivity contribution in [3.05, 3.63) is 35.9 Å². The number of carbonyl (C=O) groups excluding carboxylic acids is 2. The molecule has 0 radical (unpaired) electrons. The van der Waals surface area contributed by atoms with E-state index < -0.39 is 12.0 Å². The average Bonchev–Trinajstić information content (AvgIpc) is 2.73. The summed E-state index contributed by atoms with van der Waals surface area (Å²) in [6.45, 7) is 1.95. The fourth-order valence-electron chi connectivity index (χ4n) is 1.43. The lowest BCUT2D eigenvalue weighted by Gasteiger charge is -2.02. The average molecular weight is 249 g/mol. The summed E-state index contributed by atoms with van der Waals surface area (Å²) in [4.78, 5) is 27.2. The lowest BCUT2D eigenvalue weighted by Crippen LogP contribution is -2.25. The molecule has 1 unspecified atom stereocenters. The Bertz CT molecular complexity index is 470. The second kappa shape index (κ2) is 5.14. The molecular weight excluding hydrogens is 238 g/mol. The summed E-state index contributed by atoms with van der Waals surface area (Å²) in [5, 5.41) is 0.302. The highest BCUT2D eigenvalue weighted by atomic mass is 32.2. The van der Waals surface area contributed by atoms with E-state index in [9.17, 15) is 9.59 Å². The van der Waals surface area contributed by atoms with E-state index in [1.54, 1.807) is 6.92 Å². The summed E-state index contributed by atoms with van der Waals surface area (Å²) in [6.07, 6.45) is 0. The van der Waals surface area contributed by atoms with E-state index in [1.807, 2.05) is 30.3 Å². The first-order valence-corrected chi connectivity index (χ1v) is 6.05. The maximum absolute atomic E-state index is 11.6. The van der Waals surface area contributed by atoms with Crippen LogP contribution in [0.4, 0.5) is 0 Å². The third-order valence-corrected chi connectivity index (χ3v) is 3.16. The first kappa shape index (κ1) is 11.9. The molecule has 5 heteroatoms. The van der Waals surface area contributed by atoms with Gasteiger partial charge in [0.2, 0.25) is 11.2 Å². The van der Waals surface area contributed by atoms with Crippen molar-refractivity contribution in [2.45, 2.75) is 13.0 Å². The van der Waals surface area contributed by atoms with Crippen LogP contribution in [0, 0.1) is 0 Å². The minimum Gasteiger partial charge on any atom is -0.464 e. The zero-order chi connectivity index (χ0) is 12.3. The molecule has 0 saturated carbocycles. The van der Waals surface area contributed by atoms with E-state index in [0.29, 0.717) is 5.04 Å². The molecule has 2 rings (SSSR count). The van der Waals surface area contributed by atoms with Crippen molar-refractivity contribution < 1.29 is 14.3 Å². The standard InChI is InChI=1S/C12H11NO3S/c1-2-16-11(14)9-12(15)17-10(13-9)8-6-4-3-5-7-8/h3-7,9H,2H2,1H3. The minimum atomic E-state index is -1.00. The summed E-state index contributed by atoms with van der Waals surface area (Å²) in [7, 11) is 0. The molecule has 1 aliphatic rings. The molecule has 0 bridgehead atoms. The Morgan fingerprint density at radius 2 is 2.12 bits per heavy atom. The smallest absolute Gasteiger partial charge is 0.339 e. The predicted molar refractivity (Wildman–Crippen MR) is 66.0 cm³/mol. The quantitative estimate of drug-likeness (QED) is 0.603. The molecule has 0 aliphatic carbocycles. The number of carbonyl (C=O) groups is 2. The van der Waals surface area contributed by atoms with Gasteiger partial charge in [-0.25, -0.2) is 4.79 Å². The zero-order valence-corrected chi connectivity index (χ0v) is 10.1. The molecule has 0 aromatic heterocycles. The van der Waals surface area contributed by atoms with Crippen LogP contribution in [-0.4, -0.2) is 28.8 Å². The van der Waals surface area contributed by atoms with Crippen LogP contribution >= 0.6 is 11.8 Å². The number of aliphatic imine (C=N–C) groups is 1. The van der Waals surface area contributed by atoms with Crippen molar-refractivity contribution in [3.63, 3.8) is 0 Å². The van der Waals surface area contributed by atoms with E-state index in [2.05, 4.69) is 4.99 Å². The number of ether oxygens (including phenoxy) is 1. The molecule has 88 valence electrons. The van der Waals surface area contributed by atoms with Crippen molar-refractivity contribution >= 4 is 27.9 Å². The second-order valence-corrected chi connectivity index (χ2v) is 4.37. The van der Waals surface area contributed by atoms with Gasteiger partial charge < -0.3 is 4.74 Å². The third-order valence-electron chi connectivity index (χ3n) is 2.20. The van der Waals surface area contributed by atoms with Crippen LogP contribution in [0.1, 0.15) is 12.5 Å². The SMILES string of the molecule is CCOC(=O)C1N=C(c2ccccc2)SC1=O. The van der Waals surface area contributed by atoms with Gasteiger partial charge in [-0.1, -0.05) is 30.3 Å². The topological polar surface area (TPSA) is 55.7 Å². The number of nitrogens with zero attached hydrogens (tertiary/aromatic N) is 1. The Morgan fingerprint density at radius 3 is 2.76 bits per heavy atom. The summed E-state index contributed by atoms with van der Waals surface area (Å²) >= 11 is 0.991. The van der Waals surface area contributed by atoms with Gasteiger partial charge in [0.25, 0.3) is 0 Å². The molecule has 1 heterocycles. The number of rotatable bonds is 3. The highest BCUT2D eigenvalue weighted by Gasteiger charge is 2.35. The van der Waals surface area contributed by atoms with Gasteiger partial charge in [-0.2, -0.15) is 0 Å². The number of hydrogen-bond donors (Lipinski definition) is 0. The van der Waals surface area contributed by atoms with Crippen LogP contribution in [-0.2, 0) is 14.3 Å². The maximum atomic E-state index is 11.6. The third kappa shape index (κ3) is 2.55. The highest BCUT2D eigenvalue weighted by Crippen LogP contribution is 2.25. The molecule has 0 saturated heterocycles. The highest BCUT2D eigenvalue weighted by molar-refractivity contribution is 8.27. The summed E-state index contributed by atoms with van der Waals surface area (Å²) in [5.41, 5.74) is 0.845. The Morgan fingerprint density at radius 1 is 1.41 bits per heavy atom. The largest absolute Gasteiger partial charge is 0.464 e. The summed E-state index contributed by atoms with van der Waals surface area (Å²) in [6, 6.07) is 8.31. The second-order valence-electron chi connectivity index (χ2n) is 3.38. The van der Waals surface area contributed by atoms with E-state index in [4.69, 9.17) is 4.74 Å². The van der Waals surface area contributed by atoms with Gasteiger partial charge in [0.05, 0.1) is 6.61 Å². The first-order chi connectivity index (χ1) is 8.22. The van der Waals surface area contributed by atoms with Gasteiger partial charge in [-0.3, -0.25) is 9.79 Å². The molecule has 0 N–H and O–H groups in total. The van der Waals surface area contributed by atoms with Crippen LogP contribution in [0.3, 0.4) is 0 Å². The predicted octanol–water partition coefficient (Wildman–Crippen LogP) is 1.64. The van der Waals surface area contributed by atoms with Crippen molar-refractivity contribution in [1.29, 1.82) is 0 Å². The molecule has 1 aromatic rings. The van der Waals surface area contributed by atoms with Crippen molar-refractivity contribution in [1.82, 2.24) is 0 Å². The monoisotopic (exact) mass is 249 g/mol. The lowest BCUT2D eigenvalue weighted by molar-refractivity contribution is -0.145. The van der Waals surface area contributed by atoms with E-state index in [1.165, 1.54) is 0 Å². The van der Waals surface area contributed by atoms with Crippen LogP contribution in [0.25, 0.3) is 0 Å². The number of esters is 1. The van der Waals surface area contributed by atoms with Crippen molar-refractivity contribution in [2.24, 2.45) is 4.99 Å². The van der Waals surface area contributed by atoms with Crippen LogP contribution < -0.4 is 0 Å². The Labute approximate surface area is 103 Å². The van der Waals surface area contributed by atoms with Gasteiger partial charge in [0.15, 0.2) is 0 Å². The number of benzene rings is 1. The molecule has 0 fully saturated rings. The normalized spacial score (nSPS) is 19.0. The van der Waals surface area contributed by atoms with E-state index in [-0.39, 0.29) is 11.7 Å². The zero-order valence-electron chi connectivity index (χ0n) is 9.25. The van der Waals surface area contributed by atoms with E-state index >= 15 is 0 Å². The first-order valence-electron chi connectivity index (χ1n) is 5.24. The Balaban J connectivity index is 2.20. The van der Waals surface area contributed by atoms with E-state index in [0.717, 1.165) is 17.3 Å². The van der Waals surface area contributed by atoms with Crippen LogP contribution in [0.2, 0.25) is 0 Å². The fraction of sp³-hybridized carbons (Fsp3) is 0.250. The molecule has 0 amide bonds. The number of hydrogen-bond acceptors (Lipinski definition) is 5. The van der Waals surface area contributed by atoms with Gasteiger partial charge in [0, 0.05) is 5.56 Å². The fourth-order valence-corrected chi connectivity index (χ4v) is 2.29. The maximum Gasteiger partial charge on any atom is 0.339 e. The molecule has 1 aliphatic heterocycles. The summed E-state index contributed by atoms with van der Waals surface area (Å²) < 4.78 is 4.80.